The molecule has 0 aliphatic heterocycles. The average molecular weight is 998 g/mol. The maximum atomic E-state index is 12.9. The Bertz CT molecular complexity index is 1190. The fourth-order valence-electron chi connectivity index (χ4n) is 9.31. The van der Waals surface area contributed by atoms with Gasteiger partial charge in [-0.25, -0.2) is 0 Å². The van der Waals surface area contributed by atoms with Crippen LogP contribution < -0.4 is 0 Å². The molecule has 0 radical (unpaired) electrons. The zero-order valence-electron chi connectivity index (χ0n) is 47.8. The molecule has 0 aliphatic rings. The predicted molar refractivity (Wildman–Crippen MR) is 307 cm³/mol. The first-order valence-electron chi connectivity index (χ1n) is 31.5. The lowest BCUT2D eigenvalue weighted by Gasteiger charge is -2.18. The molecule has 0 aromatic heterocycles. The van der Waals surface area contributed by atoms with Gasteiger partial charge in [-0.2, -0.15) is 0 Å². The first-order valence-corrected chi connectivity index (χ1v) is 31.5. The van der Waals surface area contributed by atoms with Gasteiger partial charge in [0.25, 0.3) is 0 Å². The SMILES string of the molecule is CCCCCCCCC/C=C\CCCCCCCC(=O)OCC(COC(=O)CCCCCCCCCCC/C=C\CCCCCCCCCC)OC(=O)CCCCCCC/C=C\CCCCCCCCC. The number of hydrogen-bond acceptors (Lipinski definition) is 6. The molecular formula is C65H120O6. The summed E-state index contributed by atoms with van der Waals surface area (Å²) in [6.07, 6.45) is 72.9. The molecule has 0 saturated heterocycles. The maximum Gasteiger partial charge on any atom is 0.306 e. The molecule has 0 aromatic rings. The molecule has 6 nitrogen and oxygen atoms in total. The number of rotatable bonds is 58. The largest absolute Gasteiger partial charge is 0.462 e. The highest BCUT2D eigenvalue weighted by Crippen LogP contribution is 2.16. The molecule has 6 heteroatoms. The number of esters is 3. The summed E-state index contributed by atoms with van der Waals surface area (Å²) in [5.41, 5.74) is 0. The van der Waals surface area contributed by atoms with Gasteiger partial charge in [-0.3, -0.25) is 14.4 Å². The number of ether oxygens (including phenoxy) is 3. The van der Waals surface area contributed by atoms with Crippen LogP contribution in [0, 0.1) is 0 Å². The summed E-state index contributed by atoms with van der Waals surface area (Å²) in [5.74, 6) is -0.875. The third kappa shape index (κ3) is 58.4. The zero-order chi connectivity index (χ0) is 51.4. The second-order valence-electron chi connectivity index (χ2n) is 21.3. The lowest BCUT2D eigenvalue weighted by atomic mass is 10.1. The second kappa shape index (κ2) is 60.2. The summed E-state index contributed by atoms with van der Waals surface area (Å²) < 4.78 is 16.9. The summed E-state index contributed by atoms with van der Waals surface area (Å²) in [6.45, 7) is 6.67. The Balaban J connectivity index is 4.34. The highest BCUT2D eigenvalue weighted by Gasteiger charge is 2.19. The molecule has 0 rings (SSSR count). The van der Waals surface area contributed by atoms with E-state index >= 15 is 0 Å². The third-order valence-corrected chi connectivity index (χ3v) is 14.1. The van der Waals surface area contributed by atoms with Crippen molar-refractivity contribution in [3.8, 4) is 0 Å². The first kappa shape index (κ1) is 68.6. The van der Waals surface area contributed by atoms with Crippen LogP contribution in [0.4, 0.5) is 0 Å². The topological polar surface area (TPSA) is 78.9 Å². The molecule has 0 aromatic carbocycles. The Morgan fingerprint density at radius 3 is 0.704 bits per heavy atom. The van der Waals surface area contributed by atoms with Crippen molar-refractivity contribution in [1.82, 2.24) is 0 Å². The average Bonchev–Trinajstić information content (AvgIpc) is 3.37. The van der Waals surface area contributed by atoms with E-state index < -0.39 is 6.10 Å². The van der Waals surface area contributed by atoms with Crippen LogP contribution >= 0.6 is 0 Å². The summed E-state index contributed by atoms with van der Waals surface area (Å²) >= 11 is 0. The van der Waals surface area contributed by atoms with E-state index in [2.05, 4.69) is 57.2 Å². The molecule has 0 spiro atoms. The van der Waals surface area contributed by atoms with Gasteiger partial charge in [0, 0.05) is 19.3 Å². The molecule has 1 atom stereocenters. The number of unbranched alkanes of at least 4 members (excludes halogenated alkanes) is 41. The summed E-state index contributed by atoms with van der Waals surface area (Å²) in [7, 11) is 0. The molecule has 416 valence electrons. The van der Waals surface area contributed by atoms with Gasteiger partial charge < -0.3 is 14.2 Å². The van der Waals surface area contributed by atoms with E-state index in [4.69, 9.17) is 14.2 Å². The molecule has 0 aliphatic carbocycles. The Hall–Kier alpha value is -2.37. The summed E-state index contributed by atoms with van der Waals surface area (Å²) in [5, 5.41) is 0. The molecule has 1 unspecified atom stereocenters. The van der Waals surface area contributed by atoms with Gasteiger partial charge in [0.2, 0.25) is 0 Å². The second-order valence-corrected chi connectivity index (χ2v) is 21.3. The van der Waals surface area contributed by atoms with E-state index in [1.165, 1.54) is 231 Å². The van der Waals surface area contributed by atoms with E-state index in [1.54, 1.807) is 0 Å². The van der Waals surface area contributed by atoms with E-state index in [0.29, 0.717) is 19.3 Å². The van der Waals surface area contributed by atoms with Crippen LogP contribution in [0.2, 0.25) is 0 Å². The standard InChI is InChI=1S/C65H120O6/c1-4-7-10-13-16-19-22-25-28-31-32-33-34-35-38-40-43-46-49-52-55-58-64(67)70-61-62(71-65(68)59-56-53-50-47-44-41-37-30-27-24-21-18-15-12-9-6-3)60-69-63(66)57-54-51-48-45-42-39-36-29-26-23-20-17-14-11-8-5-2/h29-32,36-37,62H,4-28,33-35,38-61H2,1-3H3/b32-31-,36-29-,37-30-. The molecule has 71 heavy (non-hydrogen) atoms. The van der Waals surface area contributed by atoms with Crippen molar-refractivity contribution < 1.29 is 28.6 Å². The van der Waals surface area contributed by atoms with E-state index in [0.717, 1.165) is 70.6 Å². The Kier molecular flexibility index (Phi) is 58.2. The molecule has 0 saturated carbocycles. The quantitative estimate of drug-likeness (QED) is 0.0261. The number of carbonyl (C=O) groups is 3. The van der Waals surface area contributed by atoms with Crippen molar-refractivity contribution in [3.63, 3.8) is 0 Å². The fraction of sp³-hybridized carbons (Fsp3) is 0.862. The number of carbonyl (C=O) groups excluding carboxylic acids is 3. The lowest BCUT2D eigenvalue weighted by molar-refractivity contribution is -0.167. The first-order chi connectivity index (χ1) is 35.0. The number of allylic oxidation sites excluding steroid dienone is 6. The van der Waals surface area contributed by atoms with Crippen LogP contribution in [0.5, 0.6) is 0 Å². The molecule has 0 fully saturated rings. The van der Waals surface area contributed by atoms with Gasteiger partial charge in [-0.15, -0.1) is 0 Å². The predicted octanol–water partition coefficient (Wildman–Crippen LogP) is 21.2. The normalized spacial score (nSPS) is 12.2. The highest BCUT2D eigenvalue weighted by atomic mass is 16.6. The van der Waals surface area contributed by atoms with E-state index in [9.17, 15) is 14.4 Å². The maximum absolute atomic E-state index is 12.9. The van der Waals surface area contributed by atoms with Crippen LogP contribution in [0.15, 0.2) is 36.5 Å². The van der Waals surface area contributed by atoms with Crippen LogP contribution in [0.3, 0.4) is 0 Å². The molecule has 0 N–H and O–H groups in total. The Labute approximate surface area is 442 Å². The molecular weight excluding hydrogens is 877 g/mol. The summed E-state index contributed by atoms with van der Waals surface area (Å²) in [4.78, 5) is 38.3. The van der Waals surface area contributed by atoms with Crippen LogP contribution in [0.25, 0.3) is 0 Å². The minimum Gasteiger partial charge on any atom is -0.462 e. The van der Waals surface area contributed by atoms with Crippen LogP contribution in [0.1, 0.15) is 342 Å². The van der Waals surface area contributed by atoms with Crippen molar-refractivity contribution in [2.45, 2.75) is 348 Å². The third-order valence-electron chi connectivity index (χ3n) is 14.1. The van der Waals surface area contributed by atoms with Gasteiger partial charge in [-0.05, 0) is 96.3 Å². The van der Waals surface area contributed by atoms with Gasteiger partial charge in [0.1, 0.15) is 13.2 Å². The Morgan fingerprint density at radius 1 is 0.268 bits per heavy atom. The monoisotopic (exact) mass is 997 g/mol. The van der Waals surface area contributed by atoms with Crippen molar-refractivity contribution in [2.75, 3.05) is 13.2 Å². The van der Waals surface area contributed by atoms with Gasteiger partial charge >= 0.3 is 17.9 Å². The van der Waals surface area contributed by atoms with Crippen molar-refractivity contribution in [1.29, 1.82) is 0 Å². The number of hydrogen-bond donors (Lipinski definition) is 0. The minimum atomic E-state index is -0.780. The van der Waals surface area contributed by atoms with Crippen molar-refractivity contribution in [2.24, 2.45) is 0 Å². The van der Waals surface area contributed by atoms with Crippen LogP contribution in [-0.2, 0) is 28.6 Å². The molecule has 0 amide bonds. The van der Waals surface area contributed by atoms with Gasteiger partial charge in [0.05, 0.1) is 0 Å². The van der Waals surface area contributed by atoms with Gasteiger partial charge in [-0.1, -0.05) is 263 Å². The van der Waals surface area contributed by atoms with Crippen molar-refractivity contribution in [3.05, 3.63) is 36.5 Å². The zero-order valence-corrected chi connectivity index (χ0v) is 47.8. The fourth-order valence-corrected chi connectivity index (χ4v) is 9.31. The molecule has 0 heterocycles. The van der Waals surface area contributed by atoms with E-state index in [-0.39, 0.29) is 31.1 Å². The van der Waals surface area contributed by atoms with Crippen LogP contribution in [-0.4, -0.2) is 37.2 Å². The summed E-state index contributed by atoms with van der Waals surface area (Å²) in [6, 6.07) is 0. The van der Waals surface area contributed by atoms with Gasteiger partial charge in [0.15, 0.2) is 6.10 Å². The molecule has 0 bridgehead atoms. The minimum absolute atomic E-state index is 0.0765. The lowest BCUT2D eigenvalue weighted by Crippen LogP contribution is -2.30. The van der Waals surface area contributed by atoms with E-state index in [1.807, 2.05) is 0 Å². The Morgan fingerprint density at radius 2 is 0.465 bits per heavy atom. The highest BCUT2D eigenvalue weighted by molar-refractivity contribution is 5.71. The smallest absolute Gasteiger partial charge is 0.306 e. The van der Waals surface area contributed by atoms with Crippen molar-refractivity contribution >= 4 is 17.9 Å².